The summed E-state index contributed by atoms with van der Waals surface area (Å²) in [6.45, 7) is 6.88. The van der Waals surface area contributed by atoms with Gasteiger partial charge in [-0.15, -0.1) is 0 Å². The summed E-state index contributed by atoms with van der Waals surface area (Å²) in [6.07, 6.45) is 1.39. The van der Waals surface area contributed by atoms with Crippen molar-refractivity contribution < 1.29 is 0 Å². The van der Waals surface area contributed by atoms with Crippen LogP contribution in [-0.2, 0) is 0 Å². The third-order valence-corrected chi connectivity index (χ3v) is 0.730. The Balaban J connectivity index is 4.31. The molecule has 0 aliphatic rings. The fourth-order valence-corrected chi connectivity index (χ4v) is 0.295. The fourth-order valence-electron chi connectivity index (χ4n) is 0.295. The van der Waals surface area contributed by atoms with Gasteiger partial charge < -0.3 is 0 Å². The molecular weight excluding hydrogens is 126 g/mol. The molecule has 3 nitrogen and oxygen atoms in total. The predicted octanol–water partition coefficient (Wildman–Crippen LogP) is 1.53. The van der Waals surface area contributed by atoms with Gasteiger partial charge in [0.1, 0.15) is 6.07 Å². The van der Waals surface area contributed by atoms with Crippen molar-refractivity contribution in [3.05, 3.63) is 11.9 Å². The largest absolute Gasteiger partial charge is 0.263 e. The second-order valence-electron chi connectivity index (χ2n) is 1.86. The second-order valence-corrected chi connectivity index (χ2v) is 1.86. The molecule has 0 aromatic rings. The molecule has 0 atom stereocenters. The van der Waals surface area contributed by atoms with E-state index in [9.17, 15) is 0 Å². The van der Waals surface area contributed by atoms with Crippen molar-refractivity contribution in [3.63, 3.8) is 0 Å². The highest BCUT2D eigenvalue weighted by molar-refractivity contribution is 5.79. The van der Waals surface area contributed by atoms with Gasteiger partial charge in [-0.2, -0.15) is 5.26 Å². The van der Waals surface area contributed by atoms with Gasteiger partial charge in [0.05, 0.1) is 6.20 Å². The number of nitrogens with zero attached hydrogens (tertiary/aromatic N) is 3. The Morgan fingerprint density at radius 1 is 1.60 bits per heavy atom. The lowest BCUT2D eigenvalue weighted by molar-refractivity contribution is 1.34. The van der Waals surface area contributed by atoms with Crippen molar-refractivity contribution in [3.8, 4) is 6.07 Å². The highest BCUT2D eigenvalue weighted by Crippen LogP contribution is 1.92. The maximum absolute atomic E-state index is 8.32. The Labute approximate surface area is 60.4 Å². The summed E-state index contributed by atoms with van der Waals surface area (Å²) >= 11 is 0. The number of aliphatic imine (C=N–C) groups is 2. The molecule has 0 aliphatic heterocycles. The molecule has 0 aromatic heterocycles. The van der Waals surface area contributed by atoms with E-state index in [1.54, 1.807) is 0 Å². The van der Waals surface area contributed by atoms with Crippen LogP contribution in [0.2, 0.25) is 0 Å². The van der Waals surface area contributed by atoms with Gasteiger partial charge in [0.15, 0.2) is 5.70 Å². The van der Waals surface area contributed by atoms with Gasteiger partial charge in [0, 0.05) is 5.71 Å². The van der Waals surface area contributed by atoms with Crippen LogP contribution in [0.4, 0.5) is 0 Å². The van der Waals surface area contributed by atoms with Crippen LogP contribution < -0.4 is 0 Å². The van der Waals surface area contributed by atoms with Gasteiger partial charge in [-0.25, -0.2) is 0 Å². The molecule has 0 radical (unpaired) electrons. The minimum absolute atomic E-state index is 0.237. The van der Waals surface area contributed by atoms with Gasteiger partial charge in [0.2, 0.25) is 0 Å². The van der Waals surface area contributed by atoms with Crippen molar-refractivity contribution in [1.82, 2.24) is 0 Å². The van der Waals surface area contributed by atoms with E-state index in [0.29, 0.717) is 0 Å². The molecule has 0 bridgehead atoms. The second kappa shape index (κ2) is 4.45. The maximum atomic E-state index is 8.32. The molecule has 0 fully saturated rings. The van der Waals surface area contributed by atoms with Crippen LogP contribution in [0.5, 0.6) is 0 Å². The van der Waals surface area contributed by atoms with Crippen molar-refractivity contribution in [2.45, 2.75) is 13.8 Å². The molecule has 10 heavy (non-hydrogen) atoms. The van der Waals surface area contributed by atoms with Crippen LogP contribution in [0.15, 0.2) is 21.9 Å². The number of allylic oxidation sites excluding steroid dienone is 1. The van der Waals surface area contributed by atoms with Gasteiger partial charge in [-0.3, -0.25) is 9.98 Å². The summed E-state index contributed by atoms with van der Waals surface area (Å²) < 4.78 is 0. The van der Waals surface area contributed by atoms with E-state index in [0.717, 1.165) is 5.71 Å². The van der Waals surface area contributed by atoms with Crippen LogP contribution in [0.25, 0.3) is 0 Å². The van der Waals surface area contributed by atoms with Crippen LogP contribution in [-0.4, -0.2) is 12.4 Å². The SMILES string of the molecule is C=N/C(C#N)=C\N=C(C)C. The van der Waals surface area contributed by atoms with E-state index in [4.69, 9.17) is 5.26 Å². The van der Waals surface area contributed by atoms with Gasteiger partial charge in [-0.1, -0.05) is 0 Å². The van der Waals surface area contributed by atoms with Crippen LogP contribution in [0, 0.1) is 11.3 Å². The zero-order valence-corrected chi connectivity index (χ0v) is 6.13. The Morgan fingerprint density at radius 2 is 2.20 bits per heavy atom. The summed E-state index contributed by atoms with van der Waals surface area (Å²) in [6, 6.07) is 1.83. The molecule has 0 heterocycles. The molecule has 0 N–H and O–H groups in total. The monoisotopic (exact) mass is 135 g/mol. The van der Waals surface area contributed by atoms with Crippen LogP contribution >= 0.6 is 0 Å². The zero-order valence-electron chi connectivity index (χ0n) is 6.13. The Kier molecular flexibility index (Phi) is 3.81. The number of rotatable bonds is 2. The van der Waals surface area contributed by atoms with E-state index in [2.05, 4.69) is 16.7 Å². The molecule has 0 aromatic carbocycles. The highest BCUT2D eigenvalue weighted by Gasteiger charge is 1.83. The first-order valence-electron chi connectivity index (χ1n) is 2.78. The Hall–Kier alpha value is -1.43. The molecule has 52 valence electrons. The molecule has 0 amide bonds. The average molecular weight is 135 g/mol. The normalized spacial score (nSPS) is 9.90. The van der Waals surface area contributed by atoms with Crippen LogP contribution in [0.3, 0.4) is 0 Å². The third-order valence-electron chi connectivity index (χ3n) is 0.730. The molecule has 3 heteroatoms. The molecule has 0 unspecified atom stereocenters. The fraction of sp³-hybridized carbons (Fsp3) is 0.286. The third kappa shape index (κ3) is 3.56. The van der Waals surface area contributed by atoms with Gasteiger partial charge in [-0.05, 0) is 20.6 Å². The topological polar surface area (TPSA) is 48.5 Å². The standard InChI is InChI=1S/C7H9N3/c1-6(2)10-5-7(4-8)9-3/h5H,3H2,1-2H3/b7-5-. The molecular formula is C7H9N3. The summed E-state index contributed by atoms with van der Waals surface area (Å²) in [7, 11) is 0. The number of hydrogen-bond donors (Lipinski definition) is 0. The quantitative estimate of drug-likeness (QED) is 0.418. The summed E-state index contributed by atoms with van der Waals surface area (Å²) in [5.41, 5.74) is 1.12. The van der Waals surface area contributed by atoms with Gasteiger partial charge >= 0.3 is 0 Å². The minimum Gasteiger partial charge on any atom is -0.263 e. The van der Waals surface area contributed by atoms with E-state index >= 15 is 0 Å². The van der Waals surface area contributed by atoms with E-state index < -0.39 is 0 Å². The Morgan fingerprint density at radius 3 is 2.50 bits per heavy atom. The first kappa shape index (κ1) is 8.57. The lowest BCUT2D eigenvalue weighted by atomic mass is 10.5. The summed E-state index contributed by atoms with van der Waals surface area (Å²) in [5, 5.41) is 8.32. The first-order valence-corrected chi connectivity index (χ1v) is 2.78. The molecule has 0 rings (SSSR count). The summed E-state index contributed by atoms with van der Waals surface area (Å²) in [4.78, 5) is 7.29. The highest BCUT2D eigenvalue weighted by atomic mass is 14.8. The molecule has 0 saturated heterocycles. The summed E-state index contributed by atoms with van der Waals surface area (Å²) in [5.74, 6) is 0. The Bertz CT molecular complexity index is 213. The number of nitriles is 1. The van der Waals surface area contributed by atoms with E-state index in [-0.39, 0.29) is 5.70 Å². The van der Waals surface area contributed by atoms with Gasteiger partial charge in [0.25, 0.3) is 0 Å². The lowest BCUT2D eigenvalue weighted by Crippen LogP contribution is -1.77. The lowest BCUT2D eigenvalue weighted by Gasteiger charge is -1.83. The van der Waals surface area contributed by atoms with E-state index in [1.165, 1.54) is 6.20 Å². The first-order chi connectivity index (χ1) is 4.70. The smallest absolute Gasteiger partial charge is 0.158 e. The van der Waals surface area contributed by atoms with Crippen molar-refractivity contribution in [1.29, 1.82) is 5.26 Å². The zero-order chi connectivity index (χ0) is 7.98. The van der Waals surface area contributed by atoms with Crippen LogP contribution in [0.1, 0.15) is 13.8 Å². The average Bonchev–Trinajstić information content (AvgIpc) is 1.90. The maximum Gasteiger partial charge on any atom is 0.158 e. The minimum atomic E-state index is 0.237. The predicted molar refractivity (Wildman–Crippen MR) is 42.0 cm³/mol. The number of hydrogen-bond acceptors (Lipinski definition) is 3. The van der Waals surface area contributed by atoms with Crippen molar-refractivity contribution >= 4 is 12.4 Å². The molecule has 0 spiro atoms. The van der Waals surface area contributed by atoms with Crippen molar-refractivity contribution in [2.24, 2.45) is 9.98 Å². The molecule has 0 saturated carbocycles. The molecule has 0 aliphatic carbocycles. The van der Waals surface area contributed by atoms with Crippen molar-refractivity contribution in [2.75, 3.05) is 0 Å². The van der Waals surface area contributed by atoms with E-state index in [1.807, 2.05) is 19.9 Å².